The van der Waals surface area contributed by atoms with Gasteiger partial charge in [-0.25, -0.2) is 0 Å². The Balaban J connectivity index is 2.19. The van der Waals surface area contributed by atoms with Crippen molar-refractivity contribution in [1.29, 1.82) is 5.26 Å². The summed E-state index contributed by atoms with van der Waals surface area (Å²) in [7, 11) is 0. The maximum absolute atomic E-state index is 10.4. The van der Waals surface area contributed by atoms with Gasteiger partial charge in [0.25, 0.3) is 0 Å². The van der Waals surface area contributed by atoms with Crippen LogP contribution in [0.3, 0.4) is 0 Å². The van der Waals surface area contributed by atoms with Crippen molar-refractivity contribution in [1.82, 2.24) is 4.90 Å². The molecule has 1 aliphatic heterocycles. The minimum Gasteiger partial charge on any atom is -0.369 e. The molecule has 0 radical (unpaired) electrons. The number of hydrogen-bond acceptors (Lipinski definition) is 3. The van der Waals surface area contributed by atoms with E-state index in [1.807, 2.05) is 11.0 Å². The maximum atomic E-state index is 10.4. The Morgan fingerprint density at radius 1 is 1.80 bits per heavy atom. The molecule has 0 atom stereocenters. The third kappa shape index (κ3) is 1.25. The van der Waals surface area contributed by atoms with E-state index in [0.717, 1.165) is 0 Å². The molecule has 10 heavy (non-hydrogen) atoms. The molecule has 0 bridgehead atoms. The van der Waals surface area contributed by atoms with E-state index in [-0.39, 0.29) is 11.8 Å². The molecule has 2 N–H and O–H groups in total. The van der Waals surface area contributed by atoms with Crippen LogP contribution in [0, 0.1) is 17.2 Å². The van der Waals surface area contributed by atoms with Gasteiger partial charge in [0.2, 0.25) is 5.91 Å². The van der Waals surface area contributed by atoms with Crippen LogP contribution in [-0.2, 0) is 4.79 Å². The van der Waals surface area contributed by atoms with E-state index in [0.29, 0.717) is 19.6 Å². The molecule has 0 saturated carbocycles. The largest absolute Gasteiger partial charge is 0.369 e. The summed E-state index contributed by atoms with van der Waals surface area (Å²) >= 11 is 0. The van der Waals surface area contributed by atoms with E-state index in [2.05, 4.69) is 0 Å². The molecule has 1 aliphatic rings. The Morgan fingerprint density at radius 3 is 2.80 bits per heavy atom. The first kappa shape index (κ1) is 7.03. The average molecular weight is 139 g/mol. The predicted octanol–water partition coefficient (Wildman–Crippen LogP) is -1.07. The molecule has 1 amide bonds. The normalized spacial score (nSPS) is 19.5. The Hall–Kier alpha value is -1.08. The first-order valence-corrected chi connectivity index (χ1v) is 3.12. The van der Waals surface area contributed by atoms with E-state index in [4.69, 9.17) is 11.0 Å². The highest BCUT2D eigenvalue weighted by molar-refractivity contribution is 5.78. The fourth-order valence-electron chi connectivity index (χ4n) is 0.979. The minimum atomic E-state index is -0.255. The van der Waals surface area contributed by atoms with E-state index >= 15 is 0 Å². The van der Waals surface area contributed by atoms with Crippen molar-refractivity contribution in [3.8, 4) is 6.07 Å². The van der Waals surface area contributed by atoms with E-state index < -0.39 is 0 Å². The van der Waals surface area contributed by atoms with Crippen molar-refractivity contribution in [3.05, 3.63) is 0 Å². The molecule has 54 valence electrons. The lowest BCUT2D eigenvalue weighted by molar-refractivity contribution is -0.126. The molecule has 0 aromatic carbocycles. The van der Waals surface area contributed by atoms with Gasteiger partial charge in [-0.3, -0.25) is 9.69 Å². The van der Waals surface area contributed by atoms with Crippen molar-refractivity contribution >= 4 is 5.91 Å². The first-order chi connectivity index (χ1) is 4.74. The molecular weight excluding hydrogens is 130 g/mol. The zero-order chi connectivity index (χ0) is 7.56. The van der Waals surface area contributed by atoms with Crippen LogP contribution >= 0.6 is 0 Å². The van der Waals surface area contributed by atoms with E-state index in [9.17, 15) is 4.79 Å². The summed E-state index contributed by atoms with van der Waals surface area (Å²) in [5, 5.41) is 8.22. The highest BCUT2D eigenvalue weighted by Crippen LogP contribution is 2.12. The van der Waals surface area contributed by atoms with Gasteiger partial charge in [-0.15, -0.1) is 0 Å². The SMILES string of the molecule is N#CCN1CC(C(N)=O)C1. The van der Waals surface area contributed by atoms with Crippen molar-refractivity contribution in [2.24, 2.45) is 11.7 Å². The van der Waals surface area contributed by atoms with Crippen LogP contribution in [0.25, 0.3) is 0 Å². The van der Waals surface area contributed by atoms with Crippen LogP contribution in [0.4, 0.5) is 0 Å². The van der Waals surface area contributed by atoms with Crippen LogP contribution in [0.15, 0.2) is 0 Å². The van der Waals surface area contributed by atoms with E-state index in [1.54, 1.807) is 0 Å². The van der Waals surface area contributed by atoms with Crippen molar-refractivity contribution in [2.75, 3.05) is 19.6 Å². The summed E-state index contributed by atoms with van der Waals surface area (Å²) in [5.74, 6) is -0.275. The molecule has 0 spiro atoms. The third-order valence-corrected chi connectivity index (χ3v) is 1.65. The van der Waals surface area contributed by atoms with Crippen molar-refractivity contribution in [3.63, 3.8) is 0 Å². The number of nitrogens with zero attached hydrogens (tertiary/aromatic N) is 2. The zero-order valence-electron chi connectivity index (χ0n) is 5.58. The quantitative estimate of drug-likeness (QED) is 0.495. The van der Waals surface area contributed by atoms with Gasteiger partial charge in [0.05, 0.1) is 18.5 Å². The molecule has 0 unspecified atom stereocenters. The lowest BCUT2D eigenvalue weighted by atomic mass is 10.0. The summed E-state index contributed by atoms with van der Waals surface area (Å²) in [4.78, 5) is 12.3. The standard InChI is InChI=1S/C6H9N3O/c7-1-2-9-3-5(4-9)6(8)10/h5H,2-4H2,(H2,8,10). The monoisotopic (exact) mass is 139 g/mol. The molecule has 1 fully saturated rings. The van der Waals surface area contributed by atoms with Crippen LogP contribution in [-0.4, -0.2) is 30.4 Å². The number of nitrogens with two attached hydrogens (primary N) is 1. The molecular formula is C6H9N3O. The number of likely N-dealkylation sites (tertiary alicyclic amines) is 1. The summed E-state index contributed by atoms with van der Waals surface area (Å²) in [6, 6.07) is 2.00. The molecule has 0 aliphatic carbocycles. The van der Waals surface area contributed by atoms with Gasteiger partial charge in [-0.2, -0.15) is 5.26 Å². The molecule has 0 aromatic rings. The molecule has 1 heterocycles. The lowest BCUT2D eigenvalue weighted by Gasteiger charge is -2.35. The zero-order valence-corrected chi connectivity index (χ0v) is 5.58. The lowest BCUT2D eigenvalue weighted by Crippen LogP contribution is -2.52. The second kappa shape index (κ2) is 2.67. The first-order valence-electron chi connectivity index (χ1n) is 3.12. The molecule has 4 nitrogen and oxygen atoms in total. The molecule has 0 aromatic heterocycles. The molecule has 1 rings (SSSR count). The third-order valence-electron chi connectivity index (χ3n) is 1.65. The fraction of sp³-hybridized carbons (Fsp3) is 0.667. The second-order valence-electron chi connectivity index (χ2n) is 2.45. The van der Waals surface area contributed by atoms with Gasteiger partial charge in [-0.1, -0.05) is 0 Å². The van der Waals surface area contributed by atoms with Crippen LogP contribution in [0.5, 0.6) is 0 Å². The van der Waals surface area contributed by atoms with Crippen molar-refractivity contribution in [2.45, 2.75) is 0 Å². The summed E-state index contributed by atoms with van der Waals surface area (Å²) < 4.78 is 0. The van der Waals surface area contributed by atoms with Gasteiger partial charge in [0.15, 0.2) is 0 Å². The number of carbonyl (C=O) groups excluding carboxylic acids is 1. The van der Waals surface area contributed by atoms with Gasteiger partial charge in [0.1, 0.15) is 0 Å². The summed E-state index contributed by atoms with van der Waals surface area (Å²) in [6.07, 6.45) is 0. The Labute approximate surface area is 59.2 Å². The number of primary amides is 1. The van der Waals surface area contributed by atoms with Gasteiger partial charge in [0, 0.05) is 13.1 Å². The Bertz CT molecular complexity index is 178. The highest BCUT2D eigenvalue weighted by Gasteiger charge is 2.30. The predicted molar refractivity (Wildman–Crippen MR) is 34.7 cm³/mol. The highest BCUT2D eigenvalue weighted by atomic mass is 16.1. The number of carbonyl (C=O) groups is 1. The minimum absolute atomic E-state index is 0.0200. The van der Waals surface area contributed by atoms with Gasteiger partial charge >= 0.3 is 0 Å². The van der Waals surface area contributed by atoms with Crippen molar-refractivity contribution < 1.29 is 4.79 Å². The molecule has 4 heteroatoms. The topological polar surface area (TPSA) is 70.1 Å². The van der Waals surface area contributed by atoms with Crippen LogP contribution < -0.4 is 5.73 Å². The number of hydrogen-bond donors (Lipinski definition) is 1. The fourth-order valence-corrected chi connectivity index (χ4v) is 0.979. The average Bonchev–Trinajstić information content (AvgIpc) is 1.76. The second-order valence-corrected chi connectivity index (χ2v) is 2.45. The maximum Gasteiger partial charge on any atom is 0.223 e. The Morgan fingerprint density at radius 2 is 2.40 bits per heavy atom. The number of amides is 1. The number of nitriles is 1. The molecule has 1 saturated heterocycles. The summed E-state index contributed by atoms with van der Waals surface area (Å²) in [5.41, 5.74) is 5.01. The van der Waals surface area contributed by atoms with Gasteiger partial charge in [-0.05, 0) is 0 Å². The van der Waals surface area contributed by atoms with Crippen LogP contribution in [0.1, 0.15) is 0 Å². The van der Waals surface area contributed by atoms with Gasteiger partial charge < -0.3 is 5.73 Å². The summed E-state index contributed by atoms with van der Waals surface area (Å²) in [6.45, 7) is 1.72. The van der Waals surface area contributed by atoms with E-state index in [1.165, 1.54) is 0 Å². The van der Waals surface area contributed by atoms with Crippen LogP contribution in [0.2, 0.25) is 0 Å². The Kier molecular flexibility index (Phi) is 1.88. The number of rotatable bonds is 2. The smallest absolute Gasteiger partial charge is 0.223 e.